The Kier molecular flexibility index (Phi) is 2.93. The van der Waals surface area contributed by atoms with Crippen molar-refractivity contribution in [2.45, 2.75) is 18.4 Å². The Hall–Kier alpha value is -1.40. The van der Waals surface area contributed by atoms with E-state index >= 15 is 0 Å². The molecule has 2 rings (SSSR count). The molecule has 6 heteroatoms. The molecule has 0 radical (unpaired) electrons. The summed E-state index contributed by atoms with van der Waals surface area (Å²) in [4.78, 5) is 20.0. The lowest BCUT2D eigenvalue weighted by Gasteiger charge is -2.37. The number of H-pyrrole nitrogens is 1. The van der Waals surface area contributed by atoms with Gasteiger partial charge in [0.25, 0.3) is 5.56 Å². The number of nitrogens with one attached hydrogen (secondary N) is 1. The van der Waals surface area contributed by atoms with Crippen LogP contribution in [-0.2, 0) is 0 Å². The van der Waals surface area contributed by atoms with Crippen molar-refractivity contribution in [3.8, 4) is 0 Å². The molecule has 16 heavy (non-hydrogen) atoms. The van der Waals surface area contributed by atoms with Gasteiger partial charge in [0.2, 0.25) is 0 Å². The lowest BCUT2D eigenvalue weighted by molar-refractivity contribution is 0.0248. The van der Waals surface area contributed by atoms with E-state index in [0.29, 0.717) is 31.7 Å². The van der Waals surface area contributed by atoms with Crippen LogP contribution in [0, 0.1) is 0 Å². The topological polar surface area (TPSA) is 95.2 Å². The molecule has 1 aliphatic heterocycles. The van der Waals surface area contributed by atoms with Crippen LogP contribution in [0.2, 0.25) is 0 Å². The first-order chi connectivity index (χ1) is 7.64. The summed E-state index contributed by atoms with van der Waals surface area (Å²) >= 11 is 0. The van der Waals surface area contributed by atoms with Crippen LogP contribution in [0.5, 0.6) is 0 Å². The molecule has 1 aromatic heterocycles. The third-order valence-electron chi connectivity index (χ3n) is 3.06. The van der Waals surface area contributed by atoms with E-state index < -0.39 is 5.60 Å². The highest BCUT2D eigenvalue weighted by Crippen LogP contribution is 2.22. The van der Waals surface area contributed by atoms with E-state index in [1.165, 1.54) is 6.20 Å². The highest BCUT2D eigenvalue weighted by atomic mass is 16.3. The molecule has 88 valence electrons. The Balaban J connectivity index is 2.11. The minimum atomic E-state index is -0.780. The fraction of sp³-hybridized carbons (Fsp3) is 0.600. The second kappa shape index (κ2) is 4.23. The minimum absolute atomic E-state index is 0.194. The summed E-state index contributed by atoms with van der Waals surface area (Å²) in [5.74, 6) is 0.418. The van der Waals surface area contributed by atoms with Crippen molar-refractivity contribution in [3.63, 3.8) is 0 Å². The Morgan fingerprint density at radius 3 is 2.81 bits per heavy atom. The summed E-state index contributed by atoms with van der Waals surface area (Å²) < 4.78 is 0. The maximum absolute atomic E-state index is 11.5. The molecule has 0 atom stereocenters. The molecular weight excluding hydrogens is 208 g/mol. The summed E-state index contributed by atoms with van der Waals surface area (Å²) in [6, 6.07) is 0. The molecule has 0 bridgehead atoms. The zero-order chi connectivity index (χ0) is 11.6. The van der Waals surface area contributed by atoms with Crippen molar-refractivity contribution in [2.24, 2.45) is 5.73 Å². The van der Waals surface area contributed by atoms with Crippen LogP contribution < -0.4 is 16.2 Å². The molecule has 1 fully saturated rings. The molecule has 0 amide bonds. The molecule has 0 aromatic carbocycles. The second-order valence-corrected chi connectivity index (χ2v) is 4.16. The number of rotatable bonds is 2. The van der Waals surface area contributed by atoms with Gasteiger partial charge in [-0.3, -0.25) is 4.79 Å². The Labute approximate surface area is 93.1 Å². The fourth-order valence-corrected chi connectivity index (χ4v) is 1.91. The number of hydrogen-bond acceptors (Lipinski definition) is 5. The van der Waals surface area contributed by atoms with Gasteiger partial charge in [-0.1, -0.05) is 0 Å². The monoisotopic (exact) mass is 224 g/mol. The van der Waals surface area contributed by atoms with E-state index in [-0.39, 0.29) is 12.1 Å². The van der Waals surface area contributed by atoms with E-state index in [9.17, 15) is 9.90 Å². The number of hydrogen-bond donors (Lipinski definition) is 3. The molecule has 1 aromatic rings. The predicted octanol–water partition coefficient (Wildman–Crippen LogP) is -0.940. The Bertz CT molecular complexity index is 409. The molecule has 0 spiro atoms. The normalized spacial score (nSPS) is 19.8. The Morgan fingerprint density at radius 2 is 2.25 bits per heavy atom. The van der Waals surface area contributed by atoms with Crippen LogP contribution in [0.4, 0.5) is 5.82 Å². The van der Waals surface area contributed by atoms with Gasteiger partial charge in [-0.25, -0.2) is 4.98 Å². The first kappa shape index (κ1) is 11.1. The van der Waals surface area contributed by atoms with Crippen LogP contribution in [-0.4, -0.2) is 40.3 Å². The van der Waals surface area contributed by atoms with Crippen LogP contribution in [0.25, 0.3) is 0 Å². The van der Waals surface area contributed by atoms with Gasteiger partial charge in [-0.15, -0.1) is 0 Å². The maximum Gasteiger partial charge on any atom is 0.290 e. The minimum Gasteiger partial charge on any atom is -0.388 e. The molecule has 0 aliphatic carbocycles. The summed E-state index contributed by atoms with van der Waals surface area (Å²) in [5, 5.41) is 9.96. The van der Waals surface area contributed by atoms with Gasteiger partial charge in [0.05, 0.1) is 5.60 Å². The van der Waals surface area contributed by atoms with Crippen LogP contribution in [0.3, 0.4) is 0 Å². The average molecular weight is 224 g/mol. The highest BCUT2D eigenvalue weighted by molar-refractivity contribution is 5.36. The number of aromatic nitrogens is 2. The van der Waals surface area contributed by atoms with Crippen molar-refractivity contribution in [3.05, 3.63) is 22.7 Å². The van der Waals surface area contributed by atoms with Crippen molar-refractivity contribution < 1.29 is 5.11 Å². The van der Waals surface area contributed by atoms with Crippen LogP contribution in [0.1, 0.15) is 12.8 Å². The summed E-state index contributed by atoms with van der Waals surface area (Å²) in [6.07, 6.45) is 4.20. The van der Waals surface area contributed by atoms with E-state index in [4.69, 9.17) is 5.73 Å². The third kappa shape index (κ3) is 2.07. The lowest BCUT2D eigenvalue weighted by Crippen LogP contribution is -2.49. The Morgan fingerprint density at radius 1 is 1.56 bits per heavy atom. The summed E-state index contributed by atoms with van der Waals surface area (Å²) in [5.41, 5.74) is 4.53. The van der Waals surface area contributed by atoms with Crippen molar-refractivity contribution in [1.29, 1.82) is 0 Å². The zero-order valence-electron chi connectivity index (χ0n) is 9.02. The molecule has 0 saturated carbocycles. The second-order valence-electron chi connectivity index (χ2n) is 4.16. The first-order valence-electron chi connectivity index (χ1n) is 5.36. The van der Waals surface area contributed by atoms with Gasteiger partial charge in [-0.05, 0) is 12.8 Å². The highest BCUT2D eigenvalue weighted by Gasteiger charge is 2.31. The number of piperidine rings is 1. The largest absolute Gasteiger partial charge is 0.388 e. The molecule has 1 saturated heterocycles. The van der Waals surface area contributed by atoms with Gasteiger partial charge in [0.15, 0.2) is 5.82 Å². The van der Waals surface area contributed by atoms with Crippen molar-refractivity contribution in [2.75, 3.05) is 24.5 Å². The summed E-state index contributed by atoms with van der Waals surface area (Å²) in [6.45, 7) is 1.47. The van der Waals surface area contributed by atoms with Crippen molar-refractivity contribution >= 4 is 5.82 Å². The van der Waals surface area contributed by atoms with Gasteiger partial charge in [-0.2, -0.15) is 0 Å². The van der Waals surface area contributed by atoms with E-state index in [1.54, 1.807) is 6.20 Å². The first-order valence-corrected chi connectivity index (χ1v) is 5.36. The summed E-state index contributed by atoms with van der Waals surface area (Å²) in [7, 11) is 0. The molecule has 0 unspecified atom stereocenters. The van der Waals surface area contributed by atoms with E-state index in [2.05, 4.69) is 9.97 Å². The van der Waals surface area contributed by atoms with E-state index in [1.807, 2.05) is 4.90 Å². The standard InChI is InChI=1S/C10H16N4O2/c11-7-10(16)1-5-14(6-2-10)8-9(15)13-4-3-12-8/h3-4,16H,1-2,5-7,11H2,(H,13,15). The SMILES string of the molecule is NCC1(O)CCN(c2ncc[nH]c2=O)CC1. The quantitative estimate of drug-likeness (QED) is 0.602. The third-order valence-corrected chi connectivity index (χ3v) is 3.06. The number of nitrogens with zero attached hydrogens (tertiary/aromatic N) is 2. The van der Waals surface area contributed by atoms with Crippen LogP contribution >= 0.6 is 0 Å². The molecule has 4 N–H and O–H groups in total. The van der Waals surface area contributed by atoms with E-state index in [0.717, 1.165) is 0 Å². The van der Waals surface area contributed by atoms with Gasteiger partial charge in [0, 0.05) is 32.0 Å². The number of aromatic amines is 1. The molecule has 2 heterocycles. The van der Waals surface area contributed by atoms with Gasteiger partial charge in [0.1, 0.15) is 0 Å². The molecular formula is C10H16N4O2. The molecule has 1 aliphatic rings. The lowest BCUT2D eigenvalue weighted by atomic mass is 9.92. The zero-order valence-corrected chi connectivity index (χ0v) is 9.02. The van der Waals surface area contributed by atoms with Gasteiger partial charge >= 0.3 is 0 Å². The van der Waals surface area contributed by atoms with Crippen molar-refractivity contribution in [1.82, 2.24) is 9.97 Å². The smallest absolute Gasteiger partial charge is 0.290 e. The average Bonchev–Trinajstić information content (AvgIpc) is 2.31. The van der Waals surface area contributed by atoms with Crippen LogP contribution in [0.15, 0.2) is 17.2 Å². The predicted molar refractivity (Wildman–Crippen MR) is 60.3 cm³/mol. The number of aliphatic hydroxyl groups is 1. The maximum atomic E-state index is 11.5. The molecule has 6 nitrogen and oxygen atoms in total. The fourth-order valence-electron chi connectivity index (χ4n) is 1.91. The van der Waals surface area contributed by atoms with Gasteiger partial charge < -0.3 is 20.7 Å². The number of anilines is 1. The number of nitrogens with two attached hydrogens (primary N) is 1.